The number of hydrogen-bond acceptors (Lipinski definition) is 4. The zero-order valence-electron chi connectivity index (χ0n) is 17.4. The number of likely N-dealkylation sites (tertiary alicyclic amines) is 2. The third-order valence-electron chi connectivity index (χ3n) is 6.30. The van der Waals surface area contributed by atoms with Gasteiger partial charge in [-0.15, -0.1) is 0 Å². The van der Waals surface area contributed by atoms with Crippen LogP contribution in [-0.4, -0.2) is 56.1 Å². The summed E-state index contributed by atoms with van der Waals surface area (Å²) < 4.78 is 2.81. The molecule has 2 saturated heterocycles. The molecule has 2 aromatic rings. The van der Waals surface area contributed by atoms with Crippen LogP contribution in [0.4, 0.5) is 0 Å². The lowest BCUT2D eigenvalue weighted by atomic mass is 9.95. The molecule has 2 aliphatic rings. The van der Waals surface area contributed by atoms with Gasteiger partial charge in [0.05, 0.1) is 6.04 Å². The first-order valence-electron chi connectivity index (χ1n) is 10.8. The van der Waals surface area contributed by atoms with Gasteiger partial charge in [-0.3, -0.25) is 14.8 Å². The van der Waals surface area contributed by atoms with Crippen LogP contribution in [0.3, 0.4) is 0 Å². The van der Waals surface area contributed by atoms with E-state index in [4.69, 9.17) is 12.2 Å². The number of aromatic nitrogens is 3. The van der Waals surface area contributed by atoms with Gasteiger partial charge in [0.1, 0.15) is 5.82 Å². The molecule has 2 aliphatic heterocycles. The Bertz CT molecular complexity index is 882. The third-order valence-corrected chi connectivity index (χ3v) is 6.59. The van der Waals surface area contributed by atoms with Crippen molar-refractivity contribution < 1.29 is 4.79 Å². The van der Waals surface area contributed by atoms with Crippen molar-refractivity contribution in [3.63, 3.8) is 0 Å². The van der Waals surface area contributed by atoms with Gasteiger partial charge in [0.15, 0.2) is 4.77 Å². The number of nitrogens with one attached hydrogen (secondary N) is 1. The second kappa shape index (κ2) is 8.79. The van der Waals surface area contributed by atoms with Crippen LogP contribution < -0.4 is 0 Å². The molecule has 1 aromatic heterocycles. The minimum Gasteiger partial charge on any atom is -0.341 e. The molecule has 0 bridgehead atoms. The molecule has 156 valence electrons. The first-order valence-corrected chi connectivity index (χ1v) is 11.2. The summed E-state index contributed by atoms with van der Waals surface area (Å²) in [5.41, 5.74) is 1.28. The van der Waals surface area contributed by atoms with Crippen molar-refractivity contribution in [2.45, 2.75) is 64.1 Å². The Balaban J connectivity index is 1.38. The van der Waals surface area contributed by atoms with E-state index in [0.717, 1.165) is 57.7 Å². The summed E-state index contributed by atoms with van der Waals surface area (Å²) in [4.78, 5) is 17.7. The highest BCUT2D eigenvalue weighted by Gasteiger charge is 2.36. The highest BCUT2D eigenvalue weighted by atomic mass is 32.1. The Kier molecular flexibility index (Phi) is 6.15. The normalized spacial score (nSPS) is 21.2. The molecule has 2 fully saturated rings. The summed E-state index contributed by atoms with van der Waals surface area (Å²) in [5.74, 6) is 1.71. The zero-order chi connectivity index (χ0) is 20.4. The minimum atomic E-state index is 0.0250. The van der Waals surface area contributed by atoms with E-state index in [-0.39, 0.29) is 6.04 Å². The van der Waals surface area contributed by atoms with Crippen molar-refractivity contribution in [3.05, 3.63) is 46.5 Å². The smallest absolute Gasteiger partial charge is 0.239 e. The molecule has 7 heteroatoms. The van der Waals surface area contributed by atoms with E-state index in [9.17, 15) is 4.79 Å². The minimum absolute atomic E-state index is 0.0250. The number of carbonyl (C=O) groups is 1. The summed E-state index contributed by atoms with van der Waals surface area (Å²) in [5, 5.41) is 7.45. The Morgan fingerprint density at radius 2 is 1.90 bits per heavy atom. The molecule has 0 radical (unpaired) electrons. The van der Waals surface area contributed by atoms with Gasteiger partial charge in [-0.05, 0) is 63.9 Å². The molecule has 4 rings (SSSR count). The van der Waals surface area contributed by atoms with E-state index in [1.165, 1.54) is 5.56 Å². The second-order valence-corrected chi connectivity index (χ2v) is 8.95. The maximum absolute atomic E-state index is 13.3. The number of piperidine rings is 1. The number of amides is 1. The predicted octanol–water partition coefficient (Wildman–Crippen LogP) is 3.89. The Labute approximate surface area is 177 Å². The Hall–Kier alpha value is -1.99. The van der Waals surface area contributed by atoms with Crippen LogP contribution in [0.1, 0.15) is 62.9 Å². The molecule has 1 unspecified atom stereocenters. The Morgan fingerprint density at radius 1 is 1.17 bits per heavy atom. The molecule has 0 spiro atoms. The molecule has 3 heterocycles. The largest absolute Gasteiger partial charge is 0.341 e. The molecule has 0 aliphatic carbocycles. The SMILES string of the molecule is CC(C)n1c(C2CCN(C(=O)C3CCCN3Cc3ccccc3)CC2)n[nH]c1=S. The lowest BCUT2D eigenvalue weighted by Crippen LogP contribution is -2.48. The number of H-pyrrole nitrogens is 1. The summed E-state index contributed by atoms with van der Waals surface area (Å²) in [6.45, 7) is 7.74. The fraction of sp³-hybridized carbons (Fsp3) is 0.591. The molecular weight excluding hydrogens is 382 g/mol. The molecule has 1 amide bonds. The average molecular weight is 414 g/mol. The molecule has 6 nitrogen and oxygen atoms in total. The monoisotopic (exact) mass is 413 g/mol. The number of rotatable bonds is 5. The van der Waals surface area contributed by atoms with Crippen LogP contribution in [0.2, 0.25) is 0 Å². The molecule has 0 saturated carbocycles. The topological polar surface area (TPSA) is 57.2 Å². The number of nitrogens with zero attached hydrogens (tertiary/aromatic N) is 4. The maximum Gasteiger partial charge on any atom is 0.239 e. The van der Waals surface area contributed by atoms with E-state index in [1.807, 2.05) is 6.07 Å². The van der Waals surface area contributed by atoms with Gasteiger partial charge in [-0.25, -0.2) is 0 Å². The fourth-order valence-electron chi connectivity index (χ4n) is 4.79. The van der Waals surface area contributed by atoms with E-state index in [1.54, 1.807) is 0 Å². The van der Waals surface area contributed by atoms with Gasteiger partial charge in [0, 0.05) is 31.6 Å². The molecule has 1 atom stereocenters. The highest BCUT2D eigenvalue weighted by Crippen LogP contribution is 2.30. The van der Waals surface area contributed by atoms with Crippen molar-refractivity contribution >= 4 is 18.1 Å². The third kappa shape index (κ3) is 4.31. The van der Waals surface area contributed by atoms with Crippen LogP contribution in [0, 0.1) is 4.77 Å². The number of aromatic amines is 1. The second-order valence-electron chi connectivity index (χ2n) is 8.56. The standard InChI is InChI=1S/C22H31N5OS/c1-16(2)27-20(23-24-22(27)29)18-10-13-25(14-11-18)21(28)19-9-6-12-26(19)15-17-7-4-3-5-8-17/h3-5,7-8,16,18-19H,6,9-15H2,1-2H3,(H,24,29). The molecule has 1 N–H and O–H groups in total. The zero-order valence-corrected chi connectivity index (χ0v) is 18.2. The van der Waals surface area contributed by atoms with Crippen molar-refractivity contribution in [2.24, 2.45) is 0 Å². The molecule has 1 aromatic carbocycles. The van der Waals surface area contributed by atoms with Crippen molar-refractivity contribution in [1.82, 2.24) is 24.6 Å². The lowest BCUT2D eigenvalue weighted by molar-refractivity contribution is -0.137. The van der Waals surface area contributed by atoms with E-state index in [2.05, 4.69) is 62.7 Å². The van der Waals surface area contributed by atoms with Crippen LogP contribution in [-0.2, 0) is 11.3 Å². The number of benzene rings is 1. The fourth-order valence-corrected chi connectivity index (χ4v) is 5.14. The van der Waals surface area contributed by atoms with Crippen LogP contribution >= 0.6 is 12.2 Å². The predicted molar refractivity (Wildman–Crippen MR) is 116 cm³/mol. The van der Waals surface area contributed by atoms with Crippen LogP contribution in [0.15, 0.2) is 30.3 Å². The van der Waals surface area contributed by atoms with Gasteiger partial charge >= 0.3 is 0 Å². The van der Waals surface area contributed by atoms with Gasteiger partial charge in [-0.1, -0.05) is 30.3 Å². The van der Waals surface area contributed by atoms with Crippen LogP contribution in [0.5, 0.6) is 0 Å². The van der Waals surface area contributed by atoms with E-state index < -0.39 is 0 Å². The summed E-state index contributed by atoms with van der Waals surface area (Å²) >= 11 is 5.40. The first-order chi connectivity index (χ1) is 14.0. The maximum atomic E-state index is 13.3. The van der Waals surface area contributed by atoms with Crippen molar-refractivity contribution in [1.29, 1.82) is 0 Å². The van der Waals surface area contributed by atoms with E-state index in [0.29, 0.717) is 22.6 Å². The summed E-state index contributed by atoms with van der Waals surface area (Å²) in [6, 6.07) is 10.8. The van der Waals surface area contributed by atoms with Gasteiger partial charge in [-0.2, -0.15) is 5.10 Å². The lowest BCUT2D eigenvalue weighted by Gasteiger charge is -2.35. The quantitative estimate of drug-likeness (QED) is 0.756. The Morgan fingerprint density at radius 3 is 2.59 bits per heavy atom. The molecular formula is C22H31N5OS. The summed E-state index contributed by atoms with van der Waals surface area (Å²) in [6.07, 6.45) is 3.97. The average Bonchev–Trinajstić information content (AvgIpc) is 3.35. The summed E-state index contributed by atoms with van der Waals surface area (Å²) in [7, 11) is 0. The van der Waals surface area contributed by atoms with Crippen LogP contribution in [0.25, 0.3) is 0 Å². The highest BCUT2D eigenvalue weighted by molar-refractivity contribution is 7.71. The van der Waals surface area contributed by atoms with Gasteiger partial charge in [0.2, 0.25) is 5.91 Å². The van der Waals surface area contributed by atoms with E-state index >= 15 is 0 Å². The van der Waals surface area contributed by atoms with Crippen molar-refractivity contribution in [3.8, 4) is 0 Å². The number of carbonyl (C=O) groups excluding carboxylic acids is 1. The van der Waals surface area contributed by atoms with Gasteiger partial charge < -0.3 is 9.47 Å². The van der Waals surface area contributed by atoms with Crippen molar-refractivity contribution in [2.75, 3.05) is 19.6 Å². The van der Waals surface area contributed by atoms with Gasteiger partial charge in [0.25, 0.3) is 0 Å². The number of hydrogen-bond donors (Lipinski definition) is 1. The molecule has 29 heavy (non-hydrogen) atoms. The first kappa shape index (κ1) is 20.3.